The van der Waals surface area contributed by atoms with Crippen LogP contribution < -0.4 is 9.47 Å². The highest BCUT2D eigenvalue weighted by Crippen LogP contribution is 2.34. The molecule has 1 saturated heterocycles. The van der Waals surface area contributed by atoms with Crippen molar-refractivity contribution in [3.8, 4) is 22.8 Å². The quantitative estimate of drug-likeness (QED) is 0.636. The van der Waals surface area contributed by atoms with Gasteiger partial charge in [0.2, 0.25) is 0 Å². The lowest BCUT2D eigenvalue weighted by molar-refractivity contribution is -0.0231. The summed E-state index contributed by atoms with van der Waals surface area (Å²) in [5.74, 6) is 1.03. The summed E-state index contributed by atoms with van der Waals surface area (Å²) in [5, 5.41) is 3.95. The average Bonchev–Trinajstić information content (AvgIpc) is 3.29. The van der Waals surface area contributed by atoms with Crippen LogP contribution in [-0.2, 0) is 4.74 Å². The zero-order valence-electron chi connectivity index (χ0n) is 16.6. The highest BCUT2D eigenvalue weighted by molar-refractivity contribution is 5.93. The van der Waals surface area contributed by atoms with Crippen LogP contribution in [0.1, 0.15) is 22.2 Å². The number of hydrogen-bond acceptors (Lipinski definition) is 6. The molecule has 0 aliphatic carbocycles. The van der Waals surface area contributed by atoms with E-state index in [1.165, 1.54) is 12.1 Å². The smallest absolute Gasteiger partial charge is 0.276 e. The van der Waals surface area contributed by atoms with Crippen LogP contribution in [0.15, 0.2) is 53.1 Å². The van der Waals surface area contributed by atoms with E-state index in [0.29, 0.717) is 42.5 Å². The number of carbonyl (C=O) groups is 1. The standard InChI is InChI=1S/C22H21FN2O5/c1-27-16-7-8-19(28-2)17(11-16)20-12-18(24-30-20)22(26)25-9-10-29-21(13-25)14-3-5-15(23)6-4-14/h3-8,11-12,21H,9-10,13H2,1-2H3. The molecule has 7 nitrogen and oxygen atoms in total. The molecule has 1 amide bonds. The van der Waals surface area contributed by atoms with Gasteiger partial charge in [0.25, 0.3) is 5.91 Å². The Bertz CT molecular complexity index is 1030. The van der Waals surface area contributed by atoms with Crippen molar-refractivity contribution in [2.75, 3.05) is 33.9 Å². The van der Waals surface area contributed by atoms with Crippen LogP contribution in [0.4, 0.5) is 4.39 Å². The molecule has 0 bridgehead atoms. The number of methoxy groups -OCH3 is 2. The predicted molar refractivity (Wildman–Crippen MR) is 106 cm³/mol. The summed E-state index contributed by atoms with van der Waals surface area (Å²) >= 11 is 0. The number of carbonyl (C=O) groups excluding carboxylic acids is 1. The topological polar surface area (TPSA) is 74.0 Å². The van der Waals surface area contributed by atoms with E-state index < -0.39 is 0 Å². The maximum absolute atomic E-state index is 13.2. The molecule has 0 radical (unpaired) electrons. The van der Waals surface area contributed by atoms with Gasteiger partial charge in [-0.1, -0.05) is 17.3 Å². The fourth-order valence-corrected chi connectivity index (χ4v) is 3.38. The first kappa shape index (κ1) is 19.9. The van der Waals surface area contributed by atoms with Gasteiger partial charge in [-0.2, -0.15) is 0 Å². The van der Waals surface area contributed by atoms with Gasteiger partial charge in [0.1, 0.15) is 23.4 Å². The molecule has 0 N–H and O–H groups in total. The number of aromatic nitrogens is 1. The average molecular weight is 412 g/mol. The molecule has 1 aliphatic rings. The van der Waals surface area contributed by atoms with Crippen LogP contribution in [0, 0.1) is 5.82 Å². The summed E-state index contributed by atoms with van der Waals surface area (Å²) in [5.41, 5.74) is 1.64. The number of amides is 1. The molecule has 2 heterocycles. The minimum atomic E-state index is -0.326. The number of rotatable bonds is 5. The van der Waals surface area contributed by atoms with Crippen LogP contribution in [0.3, 0.4) is 0 Å². The molecule has 156 valence electrons. The van der Waals surface area contributed by atoms with Gasteiger partial charge in [0, 0.05) is 12.6 Å². The van der Waals surface area contributed by atoms with E-state index in [2.05, 4.69) is 5.16 Å². The first-order chi connectivity index (χ1) is 14.6. The lowest BCUT2D eigenvalue weighted by atomic mass is 10.1. The summed E-state index contributed by atoms with van der Waals surface area (Å²) < 4.78 is 35.0. The van der Waals surface area contributed by atoms with Crippen molar-refractivity contribution in [2.45, 2.75) is 6.10 Å². The third-order valence-electron chi connectivity index (χ3n) is 5.00. The molecule has 4 rings (SSSR count). The maximum atomic E-state index is 13.2. The minimum Gasteiger partial charge on any atom is -0.497 e. The zero-order chi connectivity index (χ0) is 21.1. The fraction of sp³-hybridized carbons (Fsp3) is 0.273. The fourth-order valence-electron chi connectivity index (χ4n) is 3.38. The van der Waals surface area contributed by atoms with Gasteiger partial charge in [-0.15, -0.1) is 0 Å². The summed E-state index contributed by atoms with van der Waals surface area (Å²) in [6, 6.07) is 13.0. The second kappa shape index (κ2) is 8.54. The Balaban J connectivity index is 1.53. The van der Waals surface area contributed by atoms with Crippen LogP contribution in [-0.4, -0.2) is 49.9 Å². The van der Waals surface area contributed by atoms with Crippen molar-refractivity contribution in [1.82, 2.24) is 10.1 Å². The van der Waals surface area contributed by atoms with Crippen molar-refractivity contribution in [2.24, 2.45) is 0 Å². The Kier molecular flexibility index (Phi) is 5.67. The highest BCUT2D eigenvalue weighted by atomic mass is 19.1. The molecule has 2 aromatic carbocycles. The first-order valence-corrected chi connectivity index (χ1v) is 9.44. The van der Waals surface area contributed by atoms with E-state index in [1.807, 2.05) is 0 Å². The van der Waals surface area contributed by atoms with E-state index >= 15 is 0 Å². The SMILES string of the molecule is COc1ccc(OC)c(-c2cc(C(=O)N3CCOC(c4ccc(F)cc4)C3)no2)c1. The third-order valence-corrected chi connectivity index (χ3v) is 5.00. The van der Waals surface area contributed by atoms with Crippen molar-refractivity contribution >= 4 is 5.91 Å². The first-order valence-electron chi connectivity index (χ1n) is 9.44. The van der Waals surface area contributed by atoms with E-state index in [1.54, 1.807) is 55.5 Å². The van der Waals surface area contributed by atoms with Gasteiger partial charge in [0.15, 0.2) is 11.5 Å². The van der Waals surface area contributed by atoms with Crippen molar-refractivity contribution < 1.29 is 27.9 Å². The van der Waals surface area contributed by atoms with E-state index in [9.17, 15) is 9.18 Å². The Morgan fingerprint density at radius 3 is 2.67 bits per heavy atom. The van der Waals surface area contributed by atoms with Gasteiger partial charge in [-0.05, 0) is 35.9 Å². The van der Waals surface area contributed by atoms with Gasteiger partial charge in [-0.25, -0.2) is 4.39 Å². The lowest BCUT2D eigenvalue weighted by Gasteiger charge is -2.32. The summed E-state index contributed by atoms with van der Waals surface area (Å²) in [6.45, 7) is 1.15. The van der Waals surface area contributed by atoms with E-state index in [4.69, 9.17) is 18.7 Å². The summed E-state index contributed by atoms with van der Waals surface area (Å²) in [4.78, 5) is 14.6. The van der Waals surface area contributed by atoms with Gasteiger partial charge in [-0.3, -0.25) is 4.79 Å². The molecule has 0 saturated carbocycles. The van der Waals surface area contributed by atoms with Crippen molar-refractivity contribution in [3.63, 3.8) is 0 Å². The van der Waals surface area contributed by atoms with Crippen LogP contribution in [0.2, 0.25) is 0 Å². The van der Waals surface area contributed by atoms with Gasteiger partial charge in [0.05, 0.1) is 32.9 Å². The van der Waals surface area contributed by atoms with E-state index in [0.717, 1.165) is 5.56 Å². The molecule has 30 heavy (non-hydrogen) atoms. The van der Waals surface area contributed by atoms with E-state index in [-0.39, 0.29) is 23.5 Å². The number of ether oxygens (including phenoxy) is 3. The zero-order valence-corrected chi connectivity index (χ0v) is 16.6. The number of halogens is 1. The predicted octanol–water partition coefficient (Wildman–Crippen LogP) is 3.71. The highest BCUT2D eigenvalue weighted by Gasteiger charge is 2.28. The summed E-state index contributed by atoms with van der Waals surface area (Å²) in [7, 11) is 3.12. The molecule has 1 aliphatic heterocycles. The molecule has 3 aromatic rings. The van der Waals surface area contributed by atoms with Crippen LogP contribution in [0.25, 0.3) is 11.3 Å². The minimum absolute atomic E-state index is 0.189. The second-order valence-electron chi connectivity index (χ2n) is 6.80. The van der Waals surface area contributed by atoms with Crippen molar-refractivity contribution in [3.05, 3.63) is 65.6 Å². The third kappa shape index (κ3) is 3.99. The molecule has 1 unspecified atom stereocenters. The number of hydrogen-bond donors (Lipinski definition) is 0. The number of nitrogens with zero attached hydrogens (tertiary/aromatic N) is 2. The molecule has 1 aromatic heterocycles. The molecular formula is C22H21FN2O5. The summed E-state index contributed by atoms with van der Waals surface area (Å²) in [6.07, 6.45) is -0.326. The normalized spacial score (nSPS) is 16.4. The second-order valence-corrected chi connectivity index (χ2v) is 6.80. The van der Waals surface area contributed by atoms with Crippen molar-refractivity contribution in [1.29, 1.82) is 0 Å². The van der Waals surface area contributed by atoms with Crippen LogP contribution >= 0.6 is 0 Å². The Labute approximate surface area is 172 Å². The maximum Gasteiger partial charge on any atom is 0.276 e. The van der Waals surface area contributed by atoms with Gasteiger partial charge >= 0.3 is 0 Å². The molecule has 1 fully saturated rings. The van der Waals surface area contributed by atoms with Gasteiger partial charge < -0.3 is 23.6 Å². The molecule has 8 heteroatoms. The largest absolute Gasteiger partial charge is 0.497 e. The molecule has 1 atom stereocenters. The Morgan fingerprint density at radius 1 is 1.13 bits per heavy atom. The number of morpholine rings is 1. The molecular weight excluding hydrogens is 391 g/mol. The molecule has 0 spiro atoms. The number of benzene rings is 2. The monoisotopic (exact) mass is 412 g/mol. The Morgan fingerprint density at radius 2 is 1.93 bits per heavy atom. The van der Waals surface area contributed by atoms with Crippen LogP contribution in [0.5, 0.6) is 11.5 Å². The Hall–Kier alpha value is -3.39. The lowest BCUT2D eigenvalue weighted by Crippen LogP contribution is -2.42.